The van der Waals surface area contributed by atoms with Crippen LogP contribution >= 0.6 is 11.8 Å². The lowest BCUT2D eigenvalue weighted by molar-refractivity contribution is -0.114. The number of carbonyl (C=O) groups excluding carboxylic acids is 1. The van der Waals surface area contributed by atoms with Crippen molar-refractivity contribution in [2.75, 3.05) is 23.4 Å². The van der Waals surface area contributed by atoms with Crippen LogP contribution in [-0.2, 0) is 4.79 Å². The monoisotopic (exact) mass is 288 g/mol. The summed E-state index contributed by atoms with van der Waals surface area (Å²) in [4.78, 5) is 13.4. The van der Waals surface area contributed by atoms with Crippen molar-refractivity contribution >= 4 is 35.4 Å². The summed E-state index contributed by atoms with van der Waals surface area (Å²) in [6.07, 6.45) is 1.91. The van der Waals surface area contributed by atoms with E-state index in [1.807, 2.05) is 42.2 Å². The van der Waals surface area contributed by atoms with Gasteiger partial charge in [0.05, 0.1) is 12.3 Å². The van der Waals surface area contributed by atoms with Crippen LogP contribution in [0.5, 0.6) is 0 Å². The van der Waals surface area contributed by atoms with Gasteiger partial charge >= 0.3 is 0 Å². The molecule has 1 aromatic rings. The molecule has 5 nitrogen and oxygen atoms in total. The Balaban J connectivity index is 1.89. The minimum Gasteiger partial charge on any atom is -0.345 e. The summed E-state index contributed by atoms with van der Waals surface area (Å²) in [5.74, 6) is 2.98. The Hall–Kier alpha value is -1.82. The maximum Gasteiger partial charge on any atom is 0.221 e. The van der Waals surface area contributed by atoms with Gasteiger partial charge in [0.25, 0.3) is 0 Å². The van der Waals surface area contributed by atoms with Gasteiger partial charge in [-0.05, 0) is 12.1 Å². The summed E-state index contributed by atoms with van der Waals surface area (Å²) in [5.41, 5.74) is 1.78. The van der Waals surface area contributed by atoms with Crippen LogP contribution in [0.3, 0.4) is 0 Å². The standard InChI is InChI=1S/C14H16N4OS/c1-10(19)16-12-4-2-3-11(7-12)14-17-15-8-13-9-20-6-5-18(13)14/h2-4,7-8,13H,5-6,9H2,1H3,(H,16,19). The van der Waals surface area contributed by atoms with E-state index >= 15 is 0 Å². The molecule has 104 valence electrons. The fraction of sp³-hybridized carbons (Fsp3) is 0.357. The summed E-state index contributed by atoms with van der Waals surface area (Å²) in [6.45, 7) is 2.48. The number of thioether (sulfide) groups is 1. The normalized spacial score (nSPS) is 21.1. The number of amidine groups is 1. The first-order chi connectivity index (χ1) is 9.74. The second-order valence-corrected chi connectivity index (χ2v) is 5.94. The molecule has 6 heteroatoms. The SMILES string of the molecule is CC(=O)Nc1cccc(C2=NN=CC3CSCCN23)c1. The molecule has 2 aliphatic heterocycles. The van der Waals surface area contributed by atoms with Crippen LogP contribution in [0, 0.1) is 0 Å². The number of carbonyl (C=O) groups is 1. The maximum absolute atomic E-state index is 11.2. The molecule has 1 unspecified atom stereocenters. The highest BCUT2D eigenvalue weighted by molar-refractivity contribution is 7.99. The largest absolute Gasteiger partial charge is 0.345 e. The van der Waals surface area contributed by atoms with Crippen LogP contribution in [0.15, 0.2) is 34.5 Å². The van der Waals surface area contributed by atoms with Crippen LogP contribution in [0.25, 0.3) is 0 Å². The summed E-state index contributed by atoms with van der Waals surface area (Å²) < 4.78 is 0. The fourth-order valence-corrected chi connectivity index (χ4v) is 3.39. The molecular weight excluding hydrogens is 272 g/mol. The van der Waals surface area contributed by atoms with Gasteiger partial charge in [-0.1, -0.05) is 12.1 Å². The van der Waals surface area contributed by atoms with E-state index in [4.69, 9.17) is 0 Å². The van der Waals surface area contributed by atoms with E-state index < -0.39 is 0 Å². The Morgan fingerprint density at radius 1 is 1.50 bits per heavy atom. The van der Waals surface area contributed by atoms with Crippen molar-refractivity contribution < 1.29 is 4.79 Å². The number of hydrogen-bond acceptors (Lipinski definition) is 5. The summed E-state index contributed by atoms with van der Waals surface area (Å²) >= 11 is 1.94. The van der Waals surface area contributed by atoms with Crippen molar-refractivity contribution in [1.82, 2.24) is 4.90 Å². The van der Waals surface area contributed by atoms with Gasteiger partial charge in [-0.3, -0.25) is 4.79 Å². The molecule has 1 atom stereocenters. The Morgan fingerprint density at radius 3 is 3.25 bits per heavy atom. The smallest absolute Gasteiger partial charge is 0.221 e. The molecule has 0 aliphatic carbocycles. The molecule has 0 spiro atoms. The van der Waals surface area contributed by atoms with Gasteiger partial charge < -0.3 is 10.2 Å². The van der Waals surface area contributed by atoms with Crippen LogP contribution < -0.4 is 5.32 Å². The van der Waals surface area contributed by atoms with Gasteiger partial charge in [-0.15, -0.1) is 5.10 Å². The molecule has 1 fully saturated rings. The zero-order valence-electron chi connectivity index (χ0n) is 11.2. The average molecular weight is 288 g/mol. The number of anilines is 1. The Labute approximate surface area is 122 Å². The Bertz CT molecular complexity index is 584. The van der Waals surface area contributed by atoms with E-state index in [1.165, 1.54) is 6.92 Å². The highest BCUT2D eigenvalue weighted by Gasteiger charge is 2.27. The van der Waals surface area contributed by atoms with Crippen molar-refractivity contribution in [1.29, 1.82) is 0 Å². The molecule has 0 aromatic heterocycles. The first kappa shape index (κ1) is 13.2. The molecule has 2 aliphatic rings. The molecule has 2 heterocycles. The highest BCUT2D eigenvalue weighted by atomic mass is 32.2. The van der Waals surface area contributed by atoms with Crippen LogP contribution in [-0.4, -0.2) is 46.9 Å². The third kappa shape index (κ3) is 2.70. The van der Waals surface area contributed by atoms with Crippen molar-refractivity contribution in [3.63, 3.8) is 0 Å². The molecule has 1 amide bonds. The van der Waals surface area contributed by atoms with Crippen molar-refractivity contribution in [2.45, 2.75) is 13.0 Å². The Kier molecular flexibility index (Phi) is 3.73. The molecular formula is C14H16N4OS. The number of nitrogens with one attached hydrogen (secondary N) is 1. The number of amides is 1. The van der Waals surface area contributed by atoms with Gasteiger partial charge in [0, 0.05) is 36.2 Å². The third-order valence-electron chi connectivity index (χ3n) is 3.27. The highest BCUT2D eigenvalue weighted by Crippen LogP contribution is 2.22. The average Bonchev–Trinajstić information content (AvgIpc) is 2.46. The van der Waals surface area contributed by atoms with E-state index in [0.717, 1.165) is 35.1 Å². The summed E-state index contributed by atoms with van der Waals surface area (Å²) in [5, 5.41) is 11.2. The first-order valence-corrected chi connectivity index (χ1v) is 7.73. The summed E-state index contributed by atoms with van der Waals surface area (Å²) in [6, 6.07) is 8.07. The molecule has 0 bridgehead atoms. The second kappa shape index (κ2) is 5.66. The van der Waals surface area contributed by atoms with Gasteiger partial charge in [0.15, 0.2) is 5.84 Å². The van der Waals surface area contributed by atoms with E-state index in [0.29, 0.717) is 6.04 Å². The van der Waals surface area contributed by atoms with Crippen molar-refractivity contribution in [2.24, 2.45) is 10.2 Å². The third-order valence-corrected chi connectivity index (χ3v) is 4.32. The van der Waals surface area contributed by atoms with Gasteiger partial charge in [0.1, 0.15) is 0 Å². The fourth-order valence-electron chi connectivity index (χ4n) is 2.39. The van der Waals surface area contributed by atoms with Crippen LogP contribution in [0.1, 0.15) is 12.5 Å². The molecule has 1 aromatic carbocycles. The maximum atomic E-state index is 11.2. The topological polar surface area (TPSA) is 57.1 Å². The van der Waals surface area contributed by atoms with E-state index in [1.54, 1.807) is 0 Å². The quantitative estimate of drug-likeness (QED) is 0.903. The van der Waals surface area contributed by atoms with Crippen molar-refractivity contribution in [3.8, 4) is 0 Å². The number of fused-ring (bicyclic) bond motifs is 1. The zero-order chi connectivity index (χ0) is 13.9. The number of benzene rings is 1. The van der Waals surface area contributed by atoms with E-state index in [-0.39, 0.29) is 5.91 Å². The molecule has 20 heavy (non-hydrogen) atoms. The van der Waals surface area contributed by atoms with E-state index in [2.05, 4.69) is 20.4 Å². The lowest BCUT2D eigenvalue weighted by Crippen LogP contribution is -2.48. The van der Waals surface area contributed by atoms with Crippen LogP contribution in [0.2, 0.25) is 0 Å². The minimum absolute atomic E-state index is 0.0713. The molecule has 1 N–H and O–H groups in total. The minimum atomic E-state index is -0.0713. The summed E-state index contributed by atoms with van der Waals surface area (Å²) in [7, 11) is 0. The van der Waals surface area contributed by atoms with Crippen LogP contribution in [0.4, 0.5) is 5.69 Å². The molecule has 3 rings (SSSR count). The zero-order valence-corrected chi connectivity index (χ0v) is 12.1. The lowest BCUT2D eigenvalue weighted by Gasteiger charge is -2.36. The Morgan fingerprint density at radius 2 is 2.40 bits per heavy atom. The van der Waals surface area contributed by atoms with Gasteiger partial charge in [0.2, 0.25) is 5.91 Å². The van der Waals surface area contributed by atoms with Gasteiger partial charge in [-0.2, -0.15) is 16.9 Å². The molecule has 0 saturated carbocycles. The van der Waals surface area contributed by atoms with E-state index in [9.17, 15) is 4.79 Å². The number of nitrogens with zero attached hydrogens (tertiary/aromatic N) is 3. The number of hydrogen-bond donors (Lipinski definition) is 1. The van der Waals surface area contributed by atoms with Gasteiger partial charge in [-0.25, -0.2) is 0 Å². The van der Waals surface area contributed by atoms with Crippen molar-refractivity contribution in [3.05, 3.63) is 29.8 Å². The second-order valence-electron chi connectivity index (χ2n) is 4.79. The number of rotatable bonds is 2. The predicted molar refractivity (Wildman–Crippen MR) is 83.6 cm³/mol. The first-order valence-electron chi connectivity index (χ1n) is 6.57. The molecule has 0 radical (unpaired) electrons. The predicted octanol–water partition coefficient (Wildman–Crippen LogP) is 1.81. The molecule has 1 saturated heterocycles. The lowest BCUT2D eigenvalue weighted by atomic mass is 10.1.